The van der Waals surface area contributed by atoms with Crippen LogP contribution in [0.2, 0.25) is 0 Å². The Balaban J connectivity index is 0.00000225. The Bertz CT molecular complexity index is 599. The van der Waals surface area contributed by atoms with E-state index in [9.17, 15) is 4.79 Å². The van der Waals surface area contributed by atoms with E-state index in [0.717, 1.165) is 38.3 Å². The molecule has 0 bridgehead atoms. The third-order valence-corrected chi connectivity index (χ3v) is 5.02. The Morgan fingerprint density at radius 2 is 1.92 bits per heavy atom. The van der Waals surface area contributed by atoms with Gasteiger partial charge in [0, 0.05) is 26.2 Å². The third-order valence-electron chi connectivity index (χ3n) is 5.02. The summed E-state index contributed by atoms with van der Waals surface area (Å²) in [5.74, 6) is 0.878. The van der Waals surface area contributed by atoms with E-state index in [4.69, 9.17) is 0 Å². The van der Waals surface area contributed by atoms with Crippen LogP contribution in [0.5, 0.6) is 0 Å². The summed E-state index contributed by atoms with van der Waals surface area (Å²) in [5, 5.41) is 6.37. The predicted molar refractivity (Wildman–Crippen MR) is 112 cm³/mol. The number of amides is 1. The molecule has 1 aliphatic heterocycles. The molecule has 1 fully saturated rings. The topological polar surface area (TPSA) is 56.7 Å². The van der Waals surface area contributed by atoms with Crippen molar-refractivity contribution in [1.29, 1.82) is 0 Å². The van der Waals surface area contributed by atoms with Crippen molar-refractivity contribution in [2.45, 2.75) is 51.1 Å². The molecule has 0 spiro atoms. The quantitative estimate of drug-likeness (QED) is 0.418. The molecule has 0 saturated heterocycles. The van der Waals surface area contributed by atoms with Gasteiger partial charge in [0.05, 0.1) is 6.54 Å². The Labute approximate surface area is 167 Å². The van der Waals surface area contributed by atoms with Crippen molar-refractivity contribution >= 4 is 35.8 Å². The van der Waals surface area contributed by atoms with Crippen molar-refractivity contribution in [3.8, 4) is 0 Å². The van der Waals surface area contributed by atoms with E-state index in [2.05, 4.69) is 44.8 Å². The maximum absolute atomic E-state index is 12.2. The van der Waals surface area contributed by atoms with Crippen molar-refractivity contribution in [2.75, 3.05) is 20.1 Å². The van der Waals surface area contributed by atoms with Gasteiger partial charge in [-0.2, -0.15) is 0 Å². The van der Waals surface area contributed by atoms with E-state index >= 15 is 0 Å². The van der Waals surface area contributed by atoms with Gasteiger partial charge in [0.2, 0.25) is 5.91 Å². The fraction of sp³-hybridized carbons (Fsp3) is 0.579. The van der Waals surface area contributed by atoms with Crippen LogP contribution in [-0.2, 0) is 17.8 Å². The average molecular weight is 456 g/mol. The Hall–Kier alpha value is -1.31. The van der Waals surface area contributed by atoms with Gasteiger partial charge in [-0.25, -0.2) is 0 Å². The van der Waals surface area contributed by atoms with Gasteiger partial charge in [0.25, 0.3) is 0 Å². The minimum atomic E-state index is 0. The lowest BCUT2D eigenvalue weighted by Gasteiger charge is -2.31. The monoisotopic (exact) mass is 456 g/mol. The molecule has 0 radical (unpaired) electrons. The molecule has 6 heteroatoms. The van der Waals surface area contributed by atoms with Gasteiger partial charge in [-0.3, -0.25) is 9.79 Å². The normalized spacial score (nSPS) is 18.1. The molecule has 138 valence electrons. The number of halogens is 1. The highest BCUT2D eigenvalue weighted by Crippen LogP contribution is 2.18. The summed E-state index contributed by atoms with van der Waals surface area (Å²) < 4.78 is 0. The van der Waals surface area contributed by atoms with Gasteiger partial charge in [0.15, 0.2) is 5.96 Å². The van der Waals surface area contributed by atoms with Crippen LogP contribution < -0.4 is 10.6 Å². The van der Waals surface area contributed by atoms with E-state index < -0.39 is 0 Å². The summed E-state index contributed by atoms with van der Waals surface area (Å²) >= 11 is 0. The van der Waals surface area contributed by atoms with E-state index in [1.165, 1.54) is 30.4 Å². The minimum absolute atomic E-state index is 0. The lowest BCUT2D eigenvalue weighted by Crippen LogP contribution is -2.48. The number of carbonyl (C=O) groups is 1. The molecule has 1 aliphatic carbocycles. The molecule has 1 aromatic rings. The maximum Gasteiger partial charge on any atom is 0.239 e. The maximum atomic E-state index is 12.2. The highest BCUT2D eigenvalue weighted by atomic mass is 127. The van der Waals surface area contributed by atoms with E-state index in [1.807, 2.05) is 0 Å². The fourth-order valence-electron chi connectivity index (χ4n) is 3.69. The molecule has 2 aliphatic rings. The SMILES string of the molecule is CN=C(NCC(=O)NC1CCCCC1)N1CCc2ccccc2C1.I. The number of hydrogen-bond donors (Lipinski definition) is 2. The molecule has 1 saturated carbocycles. The standard InChI is InChI=1S/C19H28N4O.HI/c1-20-19(21-13-18(24)22-17-9-3-2-4-10-17)23-12-11-15-7-5-6-8-16(15)14-23;/h5-8,17H,2-4,9-14H2,1H3,(H,20,21)(H,22,24);1H. The molecule has 5 nitrogen and oxygen atoms in total. The Kier molecular flexibility index (Phi) is 7.99. The number of hydrogen-bond acceptors (Lipinski definition) is 2. The molecule has 2 N–H and O–H groups in total. The zero-order valence-electron chi connectivity index (χ0n) is 15.0. The summed E-state index contributed by atoms with van der Waals surface area (Å²) in [7, 11) is 1.78. The molecule has 25 heavy (non-hydrogen) atoms. The van der Waals surface area contributed by atoms with Crippen molar-refractivity contribution in [2.24, 2.45) is 4.99 Å². The van der Waals surface area contributed by atoms with Gasteiger partial charge in [0.1, 0.15) is 0 Å². The number of fused-ring (bicyclic) bond motifs is 1. The van der Waals surface area contributed by atoms with Crippen molar-refractivity contribution in [1.82, 2.24) is 15.5 Å². The Morgan fingerprint density at radius 3 is 2.64 bits per heavy atom. The second-order valence-electron chi connectivity index (χ2n) is 6.74. The Morgan fingerprint density at radius 1 is 1.20 bits per heavy atom. The number of aliphatic imine (C=N–C) groups is 1. The molecular formula is C19H29IN4O. The summed E-state index contributed by atoms with van der Waals surface area (Å²) in [4.78, 5) is 18.7. The van der Waals surface area contributed by atoms with Gasteiger partial charge >= 0.3 is 0 Å². The van der Waals surface area contributed by atoms with Crippen LogP contribution in [0, 0.1) is 0 Å². The molecule has 1 heterocycles. The second kappa shape index (κ2) is 9.99. The lowest BCUT2D eigenvalue weighted by molar-refractivity contribution is -0.120. The summed E-state index contributed by atoms with van der Waals surface area (Å²) in [6.07, 6.45) is 7.01. The van der Waals surface area contributed by atoms with Gasteiger partial charge in [-0.05, 0) is 30.4 Å². The number of nitrogens with zero attached hydrogens (tertiary/aromatic N) is 2. The smallest absolute Gasteiger partial charge is 0.239 e. The first kappa shape index (κ1) is 20.0. The molecule has 0 atom stereocenters. The van der Waals surface area contributed by atoms with Crippen LogP contribution in [0.3, 0.4) is 0 Å². The molecule has 0 aromatic heterocycles. The molecule has 3 rings (SSSR count). The largest absolute Gasteiger partial charge is 0.352 e. The van der Waals surface area contributed by atoms with Crippen LogP contribution in [0.25, 0.3) is 0 Å². The van der Waals surface area contributed by atoms with E-state index in [0.29, 0.717) is 12.6 Å². The van der Waals surface area contributed by atoms with Gasteiger partial charge in [-0.1, -0.05) is 43.5 Å². The van der Waals surface area contributed by atoms with Crippen LogP contribution in [0.1, 0.15) is 43.2 Å². The zero-order chi connectivity index (χ0) is 16.8. The highest BCUT2D eigenvalue weighted by Gasteiger charge is 2.20. The molecule has 1 amide bonds. The first-order chi connectivity index (χ1) is 11.8. The van der Waals surface area contributed by atoms with Crippen LogP contribution in [-0.4, -0.2) is 42.9 Å². The molecular weight excluding hydrogens is 427 g/mol. The van der Waals surface area contributed by atoms with Crippen LogP contribution >= 0.6 is 24.0 Å². The lowest BCUT2D eigenvalue weighted by atomic mass is 9.95. The van der Waals surface area contributed by atoms with Gasteiger partial charge < -0.3 is 15.5 Å². The summed E-state index contributed by atoms with van der Waals surface area (Å²) in [6.45, 7) is 2.07. The first-order valence-corrected chi connectivity index (χ1v) is 9.08. The van der Waals surface area contributed by atoms with Crippen molar-refractivity contribution in [3.05, 3.63) is 35.4 Å². The first-order valence-electron chi connectivity index (χ1n) is 9.08. The van der Waals surface area contributed by atoms with E-state index in [-0.39, 0.29) is 29.9 Å². The number of carbonyl (C=O) groups excluding carboxylic acids is 1. The van der Waals surface area contributed by atoms with Crippen LogP contribution in [0.15, 0.2) is 29.3 Å². The van der Waals surface area contributed by atoms with Crippen LogP contribution in [0.4, 0.5) is 0 Å². The number of guanidine groups is 1. The summed E-state index contributed by atoms with van der Waals surface area (Å²) in [6, 6.07) is 8.90. The second-order valence-corrected chi connectivity index (χ2v) is 6.74. The minimum Gasteiger partial charge on any atom is -0.352 e. The summed E-state index contributed by atoms with van der Waals surface area (Å²) in [5.41, 5.74) is 2.76. The van der Waals surface area contributed by atoms with Gasteiger partial charge in [-0.15, -0.1) is 24.0 Å². The third kappa shape index (κ3) is 5.59. The number of benzene rings is 1. The fourth-order valence-corrected chi connectivity index (χ4v) is 3.69. The number of nitrogens with one attached hydrogen (secondary N) is 2. The predicted octanol–water partition coefficient (Wildman–Crippen LogP) is 2.69. The zero-order valence-corrected chi connectivity index (χ0v) is 17.3. The van der Waals surface area contributed by atoms with Crippen molar-refractivity contribution in [3.63, 3.8) is 0 Å². The average Bonchev–Trinajstić information content (AvgIpc) is 2.63. The van der Waals surface area contributed by atoms with Crippen molar-refractivity contribution < 1.29 is 4.79 Å². The van der Waals surface area contributed by atoms with E-state index in [1.54, 1.807) is 7.05 Å². The molecule has 0 unspecified atom stereocenters. The highest BCUT2D eigenvalue weighted by molar-refractivity contribution is 14.0. The molecule has 1 aromatic carbocycles. The number of rotatable bonds is 3.